The summed E-state index contributed by atoms with van der Waals surface area (Å²) in [7, 11) is 0. The fraction of sp³-hybridized carbons (Fsp3) is 0.333. The predicted molar refractivity (Wildman–Crippen MR) is 83.2 cm³/mol. The molecule has 1 heteroatoms. The number of benzene rings is 2. The highest BCUT2D eigenvalue weighted by atomic mass is 14.5. The van der Waals surface area contributed by atoms with Gasteiger partial charge in [-0.1, -0.05) is 61.9 Å². The van der Waals surface area contributed by atoms with Gasteiger partial charge in [-0.15, -0.1) is 0 Å². The first-order chi connectivity index (χ1) is 9.33. The van der Waals surface area contributed by atoms with Crippen molar-refractivity contribution in [2.45, 2.75) is 32.6 Å². The van der Waals surface area contributed by atoms with Gasteiger partial charge in [0.05, 0.1) is 0 Å². The summed E-state index contributed by atoms with van der Waals surface area (Å²) >= 11 is 0. The van der Waals surface area contributed by atoms with Crippen LogP contribution in [0.15, 0.2) is 48.5 Å². The molecule has 0 radical (unpaired) electrons. The molecule has 0 bridgehead atoms. The van der Waals surface area contributed by atoms with Gasteiger partial charge >= 0.3 is 0 Å². The molecule has 0 amide bonds. The molecular formula is C18H23N. The molecule has 0 heterocycles. The van der Waals surface area contributed by atoms with Crippen molar-refractivity contribution in [3.63, 3.8) is 0 Å². The summed E-state index contributed by atoms with van der Waals surface area (Å²) in [4.78, 5) is 0. The number of hydrogen-bond acceptors (Lipinski definition) is 1. The summed E-state index contributed by atoms with van der Waals surface area (Å²) in [6.45, 7) is 2.95. The Hall–Kier alpha value is -1.60. The highest BCUT2D eigenvalue weighted by Gasteiger charge is 1.99. The molecule has 19 heavy (non-hydrogen) atoms. The van der Waals surface area contributed by atoms with Gasteiger partial charge in [0.1, 0.15) is 0 Å². The molecule has 0 unspecified atom stereocenters. The number of rotatable bonds is 6. The van der Waals surface area contributed by atoms with E-state index in [1.54, 1.807) is 0 Å². The van der Waals surface area contributed by atoms with Crippen LogP contribution in [0.1, 0.15) is 30.9 Å². The van der Waals surface area contributed by atoms with E-state index >= 15 is 0 Å². The van der Waals surface area contributed by atoms with Crippen LogP contribution in [0.3, 0.4) is 0 Å². The molecule has 0 saturated heterocycles. The monoisotopic (exact) mass is 253 g/mol. The normalized spacial score (nSPS) is 10.6. The van der Waals surface area contributed by atoms with Gasteiger partial charge in [0.25, 0.3) is 0 Å². The van der Waals surface area contributed by atoms with Crippen LogP contribution in [0.2, 0.25) is 0 Å². The summed E-state index contributed by atoms with van der Waals surface area (Å²) in [5, 5.41) is 0. The Labute approximate surface area is 116 Å². The minimum Gasteiger partial charge on any atom is -0.330 e. The second-order valence-electron chi connectivity index (χ2n) is 5.04. The van der Waals surface area contributed by atoms with Crippen LogP contribution in [0.25, 0.3) is 11.1 Å². The van der Waals surface area contributed by atoms with Gasteiger partial charge in [0.15, 0.2) is 0 Å². The van der Waals surface area contributed by atoms with Gasteiger partial charge < -0.3 is 5.73 Å². The molecule has 0 atom stereocenters. The number of hydrogen-bond donors (Lipinski definition) is 1. The van der Waals surface area contributed by atoms with Crippen molar-refractivity contribution in [2.75, 3.05) is 6.54 Å². The Kier molecular flexibility index (Phi) is 5.17. The first kappa shape index (κ1) is 13.8. The molecule has 0 aliphatic heterocycles. The van der Waals surface area contributed by atoms with Gasteiger partial charge in [0, 0.05) is 0 Å². The number of unbranched alkanes of at least 4 members (excludes halogenated alkanes) is 1. The third-order valence-corrected chi connectivity index (χ3v) is 3.49. The largest absolute Gasteiger partial charge is 0.330 e. The maximum Gasteiger partial charge on any atom is -0.00367 e. The van der Waals surface area contributed by atoms with Crippen molar-refractivity contribution < 1.29 is 0 Å². The van der Waals surface area contributed by atoms with Gasteiger partial charge in [-0.05, 0) is 48.1 Å². The molecule has 100 valence electrons. The van der Waals surface area contributed by atoms with Crippen LogP contribution >= 0.6 is 0 Å². The molecule has 2 aromatic rings. The lowest BCUT2D eigenvalue weighted by atomic mass is 10.0. The molecule has 0 saturated carbocycles. The summed E-state index contributed by atoms with van der Waals surface area (Å²) in [6.07, 6.45) is 4.67. The second kappa shape index (κ2) is 7.10. The topological polar surface area (TPSA) is 26.0 Å². The Bertz CT molecular complexity index is 482. The quantitative estimate of drug-likeness (QED) is 0.820. The molecule has 1 nitrogen and oxygen atoms in total. The fourth-order valence-corrected chi connectivity index (χ4v) is 2.28. The van der Waals surface area contributed by atoms with Crippen molar-refractivity contribution in [3.8, 4) is 11.1 Å². The first-order valence-corrected chi connectivity index (χ1v) is 7.22. The predicted octanol–water partition coefficient (Wildman–Crippen LogP) is 4.20. The van der Waals surface area contributed by atoms with Crippen LogP contribution in [0.5, 0.6) is 0 Å². The van der Waals surface area contributed by atoms with Gasteiger partial charge in [-0.25, -0.2) is 0 Å². The Morgan fingerprint density at radius 1 is 0.737 bits per heavy atom. The third-order valence-electron chi connectivity index (χ3n) is 3.49. The van der Waals surface area contributed by atoms with E-state index in [-0.39, 0.29) is 0 Å². The highest BCUT2D eigenvalue weighted by molar-refractivity contribution is 5.63. The minimum atomic E-state index is 0.714. The molecule has 0 aliphatic carbocycles. The molecule has 0 fully saturated rings. The van der Waals surface area contributed by atoms with Crippen LogP contribution in [-0.4, -0.2) is 6.54 Å². The summed E-state index contributed by atoms with van der Waals surface area (Å²) in [6, 6.07) is 17.7. The van der Waals surface area contributed by atoms with Gasteiger partial charge in [0.2, 0.25) is 0 Å². The molecule has 2 N–H and O–H groups in total. The molecule has 2 rings (SSSR count). The van der Waals surface area contributed by atoms with E-state index in [2.05, 4.69) is 55.5 Å². The number of nitrogens with two attached hydrogens (primary N) is 1. The van der Waals surface area contributed by atoms with Crippen molar-refractivity contribution in [3.05, 3.63) is 59.7 Å². The van der Waals surface area contributed by atoms with Gasteiger partial charge in [-0.3, -0.25) is 0 Å². The average molecular weight is 253 g/mol. The van der Waals surface area contributed by atoms with E-state index in [9.17, 15) is 0 Å². The average Bonchev–Trinajstić information content (AvgIpc) is 2.47. The van der Waals surface area contributed by atoms with Gasteiger partial charge in [-0.2, -0.15) is 0 Å². The molecular weight excluding hydrogens is 230 g/mol. The SMILES string of the molecule is CCCCc1ccc(-c2ccc(CCN)cc2)cc1. The van der Waals surface area contributed by atoms with Crippen molar-refractivity contribution in [2.24, 2.45) is 5.73 Å². The smallest absolute Gasteiger partial charge is 0.00367 e. The van der Waals surface area contributed by atoms with Crippen LogP contribution < -0.4 is 5.73 Å². The fourth-order valence-electron chi connectivity index (χ4n) is 2.28. The minimum absolute atomic E-state index is 0.714. The second-order valence-corrected chi connectivity index (χ2v) is 5.04. The van der Waals surface area contributed by atoms with E-state index in [4.69, 9.17) is 5.73 Å². The summed E-state index contributed by atoms with van der Waals surface area (Å²) < 4.78 is 0. The van der Waals surface area contributed by atoms with Crippen molar-refractivity contribution >= 4 is 0 Å². The van der Waals surface area contributed by atoms with Crippen LogP contribution in [-0.2, 0) is 12.8 Å². The Morgan fingerprint density at radius 3 is 1.63 bits per heavy atom. The molecule has 0 aromatic heterocycles. The van der Waals surface area contributed by atoms with Crippen LogP contribution in [0.4, 0.5) is 0 Å². The van der Waals surface area contributed by atoms with Crippen LogP contribution in [0, 0.1) is 0 Å². The Morgan fingerprint density at radius 2 is 1.21 bits per heavy atom. The zero-order valence-corrected chi connectivity index (χ0v) is 11.7. The van der Waals surface area contributed by atoms with E-state index in [0.717, 1.165) is 6.42 Å². The molecule has 0 spiro atoms. The summed E-state index contributed by atoms with van der Waals surface area (Å²) in [5.41, 5.74) is 10.9. The van der Waals surface area contributed by atoms with E-state index < -0.39 is 0 Å². The lowest BCUT2D eigenvalue weighted by molar-refractivity contribution is 0.795. The zero-order valence-electron chi connectivity index (χ0n) is 11.7. The van der Waals surface area contributed by atoms with Crippen molar-refractivity contribution in [1.29, 1.82) is 0 Å². The summed E-state index contributed by atoms with van der Waals surface area (Å²) in [5.74, 6) is 0. The third kappa shape index (κ3) is 3.93. The van der Waals surface area contributed by atoms with E-state index in [1.807, 2.05) is 0 Å². The molecule has 0 aliphatic rings. The highest BCUT2D eigenvalue weighted by Crippen LogP contribution is 2.21. The lowest BCUT2D eigenvalue weighted by Gasteiger charge is -2.05. The maximum absolute atomic E-state index is 5.57. The van der Waals surface area contributed by atoms with E-state index in [0.29, 0.717) is 6.54 Å². The number of aryl methyl sites for hydroxylation is 1. The first-order valence-electron chi connectivity index (χ1n) is 7.22. The van der Waals surface area contributed by atoms with E-state index in [1.165, 1.54) is 41.5 Å². The standard InChI is InChI=1S/C18H23N/c1-2-3-4-15-5-9-17(10-6-15)18-11-7-16(8-12-18)13-14-19/h5-12H,2-4,13-14,19H2,1H3. The maximum atomic E-state index is 5.57. The molecule has 2 aromatic carbocycles. The van der Waals surface area contributed by atoms with Crippen molar-refractivity contribution in [1.82, 2.24) is 0 Å². The zero-order chi connectivity index (χ0) is 13.5. The Balaban J connectivity index is 2.08. The lowest BCUT2D eigenvalue weighted by Crippen LogP contribution is -2.02.